The van der Waals surface area contributed by atoms with Crippen LogP contribution >= 0.6 is 0 Å². The molecule has 0 aromatic heterocycles. The SMILES string of the molecule is O=C(C1CCCCS1(=O)=O)N1C[C@@H](O)[C@@H](O)C1. The number of amides is 1. The number of hydrogen-bond donors (Lipinski definition) is 2. The molecule has 0 spiro atoms. The second-order valence-corrected chi connectivity index (χ2v) is 7.03. The predicted molar refractivity (Wildman–Crippen MR) is 60.0 cm³/mol. The third-order valence-electron chi connectivity index (χ3n) is 3.42. The maximum Gasteiger partial charge on any atom is 0.241 e. The van der Waals surface area contributed by atoms with E-state index in [1.807, 2.05) is 0 Å². The smallest absolute Gasteiger partial charge is 0.241 e. The molecule has 1 amide bonds. The highest BCUT2D eigenvalue weighted by Crippen LogP contribution is 2.23. The normalized spacial score (nSPS) is 37.1. The Morgan fingerprint density at radius 3 is 2.24 bits per heavy atom. The minimum atomic E-state index is -3.35. The molecule has 17 heavy (non-hydrogen) atoms. The van der Waals surface area contributed by atoms with Gasteiger partial charge in [-0.05, 0) is 12.8 Å². The highest BCUT2D eigenvalue weighted by molar-refractivity contribution is 7.92. The van der Waals surface area contributed by atoms with E-state index >= 15 is 0 Å². The lowest BCUT2D eigenvalue weighted by Crippen LogP contribution is -2.44. The maximum absolute atomic E-state index is 12.0. The molecule has 7 heteroatoms. The zero-order valence-electron chi connectivity index (χ0n) is 9.45. The molecule has 2 fully saturated rings. The molecule has 0 aromatic carbocycles. The van der Waals surface area contributed by atoms with Crippen molar-refractivity contribution in [1.82, 2.24) is 4.90 Å². The Bertz CT molecular complexity index is 397. The number of carbonyl (C=O) groups is 1. The van der Waals surface area contributed by atoms with Crippen molar-refractivity contribution in [3.63, 3.8) is 0 Å². The van der Waals surface area contributed by atoms with Crippen molar-refractivity contribution in [1.29, 1.82) is 0 Å². The summed E-state index contributed by atoms with van der Waals surface area (Å²) in [5, 5.41) is 17.7. The van der Waals surface area contributed by atoms with Crippen molar-refractivity contribution in [2.24, 2.45) is 0 Å². The van der Waals surface area contributed by atoms with E-state index in [0.29, 0.717) is 12.8 Å². The number of sulfone groups is 1. The maximum atomic E-state index is 12.0. The summed E-state index contributed by atoms with van der Waals surface area (Å²) in [7, 11) is -3.35. The Morgan fingerprint density at radius 2 is 1.71 bits per heavy atom. The summed E-state index contributed by atoms with van der Waals surface area (Å²) in [6.07, 6.45) is -0.244. The summed E-state index contributed by atoms with van der Waals surface area (Å²) >= 11 is 0. The van der Waals surface area contributed by atoms with Crippen molar-refractivity contribution in [2.45, 2.75) is 36.7 Å². The van der Waals surface area contributed by atoms with E-state index in [1.165, 1.54) is 4.90 Å². The molecule has 0 saturated carbocycles. The molecule has 3 atom stereocenters. The van der Waals surface area contributed by atoms with E-state index in [0.717, 1.165) is 6.42 Å². The van der Waals surface area contributed by atoms with Crippen molar-refractivity contribution < 1.29 is 23.4 Å². The van der Waals surface area contributed by atoms with E-state index < -0.39 is 33.2 Å². The van der Waals surface area contributed by atoms with Gasteiger partial charge in [0.25, 0.3) is 0 Å². The average molecular weight is 263 g/mol. The van der Waals surface area contributed by atoms with Gasteiger partial charge in [0, 0.05) is 13.1 Å². The quantitative estimate of drug-likeness (QED) is 0.601. The molecule has 0 aliphatic carbocycles. The van der Waals surface area contributed by atoms with Gasteiger partial charge in [0.1, 0.15) is 5.25 Å². The first-order valence-corrected chi connectivity index (χ1v) is 7.50. The summed E-state index contributed by atoms with van der Waals surface area (Å²) < 4.78 is 23.5. The summed E-state index contributed by atoms with van der Waals surface area (Å²) in [6.45, 7) is 0.0397. The number of likely N-dealkylation sites (tertiary alicyclic amines) is 1. The lowest BCUT2D eigenvalue weighted by Gasteiger charge is -2.25. The van der Waals surface area contributed by atoms with Crippen LogP contribution in [0.5, 0.6) is 0 Å². The van der Waals surface area contributed by atoms with Crippen LogP contribution in [0.1, 0.15) is 19.3 Å². The molecule has 2 N–H and O–H groups in total. The van der Waals surface area contributed by atoms with Gasteiger partial charge in [-0.1, -0.05) is 6.42 Å². The number of hydrogen-bond acceptors (Lipinski definition) is 5. The van der Waals surface area contributed by atoms with E-state index in [2.05, 4.69) is 0 Å². The van der Waals surface area contributed by atoms with E-state index in [4.69, 9.17) is 0 Å². The van der Waals surface area contributed by atoms with Gasteiger partial charge in [0.05, 0.1) is 18.0 Å². The summed E-state index contributed by atoms with van der Waals surface area (Å²) in [5.41, 5.74) is 0. The van der Waals surface area contributed by atoms with Crippen LogP contribution in [0.15, 0.2) is 0 Å². The number of rotatable bonds is 1. The average Bonchev–Trinajstić information content (AvgIpc) is 2.58. The van der Waals surface area contributed by atoms with Gasteiger partial charge in [0.15, 0.2) is 9.84 Å². The molecule has 2 saturated heterocycles. The largest absolute Gasteiger partial charge is 0.388 e. The van der Waals surface area contributed by atoms with Crippen LogP contribution < -0.4 is 0 Å². The Hall–Kier alpha value is -0.660. The van der Waals surface area contributed by atoms with Gasteiger partial charge < -0.3 is 15.1 Å². The molecular weight excluding hydrogens is 246 g/mol. The third kappa shape index (κ3) is 2.46. The first kappa shape index (κ1) is 12.8. The van der Waals surface area contributed by atoms with Crippen molar-refractivity contribution >= 4 is 15.7 Å². The summed E-state index contributed by atoms with van der Waals surface area (Å²) in [6, 6.07) is 0. The lowest BCUT2D eigenvalue weighted by atomic mass is 10.2. The molecule has 98 valence electrons. The summed E-state index contributed by atoms with van der Waals surface area (Å²) in [5.74, 6) is -0.414. The van der Waals surface area contributed by atoms with Gasteiger partial charge in [-0.25, -0.2) is 8.42 Å². The summed E-state index contributed by atoms with van der Waals surface area (Å²) in [4.78, 5) is 13.3. The number of aliphatic hydroxyl groups excluding tert-OH is 2. The molecule has 2 rings (SSSR count). The van der Waals surface area contributed by atoms with Crippen molar-refractivity contribution in [3.05, 3.63) is 0 Å². The molecule has 2 aliphatic rings. The Balaban J connectivity index is 2.10. The van der Waals surface area contributed by atoms with Gasteiger partial charge in [0.2, 0.25) is 5.91 Å². The van der Waals surface area contributed by atoms with Crippen LogP contribution in [0.4, 0.5) is 0 Å². The van der Waals surface area contributed by atoms with E-state index in [9.17, 15) is 23.4 Å². The molecule has 2 heterocycles. The van der Waals surface area contributed by atoms with Crippen LogP contribution in [-0.2, 0) is 14.6 Å². The molecule has 0 radical (unpaired) electrons. The van der Waals surface area contributed by atoms with Gasteiger partial charge >= 0.3 is 0 Å². The molecule has 0 aromatic rings. The fraction of sp³-hybridized carbons (Fsp3) is 0.900. The lowest BCUT2D eigenvalue weighted by molar-refractivity contribution is -0.130. The monoisotopic (exact) mass is 263 g/mol. The molecule has 1 unspecified atom stereocenters. The zero-order chi connectivity index (χ0) is 12.6. The fourth-order valence-electron chi connectivity index (χ4n) is 2.38. The minimum Gasteiger partial charge on any atom is -0.388 e. The minimum absolute atomic E-state index is 0.0199. The Morgan fingerprint density at radius 1 is 1.12 bits per heavy atom. The number of nitrogens with zero attached hydrogens (tertiary/aromatic N) is 1. The van der Waals surface area contributed by atoms with Crippen LogP contribution in [0.3, 0.4) is 0 Å². The predicted octanol–water partition coefficient (Wildman–Crippen LogP) is -1.48. The second-order valence-electron chi connectivity index (χ2n) is 4.73. The first-order valence-electron chi connectivity index (χ1n) is 5.78. The van der Waals surface area contributed by atoms with Crippen molar-refractivity contribution in [3.8, 4) is 0 Å². The third-order valence-corrected chi connectivity index (χ3v) is 5.59. The first-order chi connectivity index (χ1) is 7.92. The zero-order valence-corrected chi connectivity index (χ0v) is 10.3. The van der Waals surface area contributed by atoms with Crippen LogP contribution in [0.25, 0.3) is 0 Å². The molecule has 0 bridgehead atoms. The van der Waals surface area contributed by atoms with Gasteiger partial charge in [-0.15, -0.1) is 0 Å². The van der Waals surface area contributed by atoms with Crippen LogP contribution in [0, 0.1) is 0 Å². The number of β-amino-alcohol motifs (C(OH)–C–C–N with tert-alkyl or cyclic N) is 2. The van der Waals surface area contributed by atoms with Gasteiger partial charge in [-0.3, -0.25) is 4.79 Å². The second kappa shape index (κ2) is 4.55. The number of carbonyl (C=O) groups excluding carboxylic acids is 1. The standard InChI is InChI=1S/C10H17NO5S/c12-7-5-11(6-8(7)13)10(14)9-3-1-2-4-17(9,15)16/h7-9,12-13H,1-6H2/t7-,8+,9?. The van der Waals surface area contributed by atoms with Crippen LogP contribution in [-0.4, -0.2) is 65.7 Å². The van der Waals surface area contributed by atoms with E-state index in [1.54, 1.807) is 0 Å². The number of aliphatic hydroxyl groups is 2. The molecule has 6 nitrogen and oxygen atoms in total. The highest BCUT2D eigenvalue weighted by atomic mass is 32.2. The molecular formula is C10H17NO5S. The topological polar surface area (TPSA) is 94.9 Å². The van der Waals surface area contributed by atoms with Gasteiger partial charge in [-0.2, -0.15) is 0 Å². The highest BCUT2D eigenvalue weighted by Gasteiger charge is 2.41. The Kier molecular flexibility index (Phi) is 3.42. The van der Waals surface area contributed by atoms with E-state index in [-0.39, 0.29) is 18.8 Å². The van der Waals surface area contributed by atoms with Crippen molar-refractivity contribution in [2.75, 3.05) is 18.8 Å². The Labute approximate surface area is 100 Å². The fourth-order valence-corrected chi connectivity index (χ4v) is 4.26. The molecule has 2 aliphatic heterocycles. The van der Waals surface area contributed by atoms with Crippen LogP contribution in [0.2, 0.25) is 0 Å².